The normalized spacial score (nSPS) is 21.9. The van der Waals surface area contributed by atoms with Gasteiger partial charge in [-0.15, -0.1) is 0 Å². The Labute approximate surface area is 185 Å². The molecule has 0 radical (unpaired) electrons. The molecule has 0 spiro atoms. The predicted molar refractivity (Wildman–Crippen MR) is 113 cm³/mol. The van der Waals surface area contributed by atoms with Crippen molar-refractivity contribution in [1.29, 1.82) is 0 Å². The lowest BCUT2D eigenvalue weighted by Gasteiger charge is -2.24. The molecule has 2 aromatic rings. The summed E-state index contributed by atoms with van der Waals surface area (Å²) < 4.78 is 79.0. The smallest absolute Gasteiger partial charge is 0.299 e. The highest BCUT2D eigenvalue weighted by Gasteiger charge is 2.59. The van der Waals surface area contributed by atoms with Gasteiger partial charge in [-0.25, -0.2) is 0 Å². The summed E-state index contributed by atoms with van der Waals surface area (Å²) >= 11 is 0. The maximum atomic E-state index is 13.2. The molecule has 0 N–H and O–H groups in total. The summed E-state index contributed by atoms with van der Waals surface area (Å²) in [6.07, 6.45) is -8.93. The molecule has 2 aromatic carbocycles. The van der Waals surface area contributed by atoms with Gasteiger partial charge in [-0.3, -0.25) is 4.90 Å². The molecule has 2 unspecified atom stereocenters. The lowest BCUT2D eigenvalue weighted by Crippen LogP contribution is -2.35. The van der Waals surface area contributed by atoms with Crippen LogP contribution >= 0.6 is 0 Å². The zero-order valence-electron chi connectivity index (χ0n) is 18.1. The van der Waals surface area contributed by atoms with Gasteiger partial charge in [-0.1, -0.05) is 61.5 Å². The van der Waals surface area contributed by atoms with Crippen LogP contribution in [0.1, 0.15) is 48.8 Å². The topological polar surface area (TPSA) is 3.24 Å². The second-order valence-electron chi connectivity index (χ2n) is 8.66. The molecule has 1 aliphatic carbocycles. The summed E-state index contributed by atoms with van der Waals surface area (Å²) in [4.78, 5) is 2.34. The number of aryl methyl sites for hydroxylation is 1. The van der Waals surface area contributed by atoms with Crippen LogP contribution in [-0.4, -0.2) is 30.3 Å². The molecule has 0 aromatic heterocycles. The van der Waals surface area contributed by atoms with E-state index in [0.717, 1.165) is 38.0 Å². The van der Waals surface area contributed by atoms with Crippen molar-refractivity contribution < 1.29 is 26.3 Å². The van der Waals surface area contributed by atoms with Crippen LogP contribution in [0.3, 0.4) is 0 Å². The fraction of sp³-hybridized carbons (Fsp3) is 0.520. The third-order valence-electron chi connectivity index (χ3n) is 6.49. The maximum absolute atomic E-state index is 13.2. The predicted octanol–water partition coefficient (Wildman–Crippen LogP) is 7.38. The molecule has 32 heavy (non-hydrogen) atoms. The Kier molecular flexibility index (Phi) is 7.91. The lowest BCUT2D eigenvalue weighted by atomic mass is 9.94. The molecular weight excluding hydrogens is 428 g/mol. The third-order valence-corrected chi connectivity index (χ3v) is 6.49. The average Bonchev–Trinajstić information content (AvgIpc) is 3.21. The molecule has 1 saturated carbocycles. The van der Waals surface area contributed by atoms with E-state index in [1.807, 2.05) is 30.3 Å². The molecule has 1 aliphatic rings. The molecule has 0 heterocycles. The van der Waals surface area contributed by atoms with Gasteiger partial charge in [0.05, 0.1) is 11.8 Å². The number of rotatable bonds is 8. The Morgan fingerprint density at radius 3 is 1.84 bits per heavy atom. The molecular formula is C25H29F6N. The Morgan fingerprint density at radius 2 is 1.34 bits per heavy atom. The minimum Gasteiger partial charge on any atom is -0.299 e. The first-order valence-corrected chi connectivity index (χ1v) is 11.1. The van der Waals surface area contributed by atoms with Crippen LogP contribution in [0.2, 0.25) is 0 Å². The number of nitrogens with zero attached hydrogens (tertiary/aromatic N) is 1. The highest BCUT2D eigenvalue weighted by molar-refractivity contribution is 5.27. The Balaban J connectivity index is 1.54. The first kappa shape index (κ1) is 24.6. The Morgan fingerprint density at radius 1 is 0.781 bits per heavy atom. The molecule has 0 amide bonds. The summed E-state index contributed by atoms with van der Waals surface area (Å²) in [5.74, 6) is -5.36. The number of alkyl halides is 6. The number of hydrogen-bond donors (Lipinski definition) is 0. The lowest BCUT2D eigenvalue weighted by molar-refractivity contribution is -0.245. The highest BCUT2D eigenvalue weighted by Crippen LogP contribution is 2.54. The van der Waals surface area contributed by atoms with Gasteiger partial charge >= 0.3 is 12.4 Å². The Bertz CT molecular complexity index is 806. The van der Waals surface area contributed by atoms with Crippen molar-refractivity contribution in [2.75, 3.05) is 13.1 Å². The minimum absolute atomic E-state index is 0.502. The molecule has 1 fully saturated rings. The van der Waals surface area contributed by atoms with Crippen LogP contribution in [0.25, 0.3) is 0 Å². The second kappa shape index (κ2) is 10.3. The van der Waals surface area contributed by atoms with Crippen LogP contribution in [-0.2, 0) is 13.0 Å². The number of halogens is 6. The van der Waals surface area contributed by atoms with E-state index >= 15 is 0 Å². The standard InChI is InChI=1S/C25H29F6N/c1-2-32(17-19-7-4-3-5-8-19)14-6-9-18-10-12-20(13-11-18)21-15-22(24(26,27)28)23(16-21)25(29,30)31/h3-5,7-8,10-13,21-23H,2,6,9,14-17H2,1H3. The van der Waals surface area contributed by atoms with Gasteiger partial charge in [0, 0.05) is 6.54 Å². The monoisotopic (exact) mass is 457 g/mol. The summed E-state index contributed by atoms with van der Waals surface area (Å²) in [6.45, 7) is 4.83. The number of hydrogen-bond acceptors (Lipinski definition) is 1. The molecule has 0 bridgehead atoms. The summed E-state index contributed by atoms with van der Waals surface area (Å²) in [5, 5.41) is 0. The minimum atomic E-state index is -4.83. The van der Waals surface area contributed by atoms with Crippen LogP contribution in [0, 0.1) is 11.8 Å². The van der Waals surface area contributed by atoms with Crippen molar-refractivity contribution in [3.63, 3.8) is 0 Å². The van der Waals surface area contributed by atoms with Crippen LogP contribution in [0.5, 0.6) is 0 Å². The zero-order chi connectivity index (χ0) is 23.4. The molecule has 0 saturated heterocycles. The van der Waals surface area contributed by atoms with Gasteiger partial charge in [0.2, 0.25) is 0 Å². The summed E-state index contributed by atoms with van der Waals surface area (Å²) in [6, 6.07) is 17.3. The van der Waals surface area contributed by atoms with Gasteiger partial charge in [-0.2, -0.15) is 26.3 Å². The first-order chi connectivity index (χ1) is 15.1. The second-order valence-corrected chi connectivity index (χ2v) is 8.66. The summed E-state index contributed by atoms with van der Waals surface area (Å²) in [7, 11) is 0. The van der Waals surface area contributed by atoms with Gasteiger partial charge in [0.25, 0.3) is 0 Å². The number of benzene rings is 2. The van der Waals surface area contributed by atoms with Crippen LogP contribution in [0.15, 0.2) is 54.6 Å². The van der Waals surface area contributed by atoms with Gasteiger partial charge in [-0.05, 0) is 61.4 Å². The van der Waals surface area contributed by atoms with Crippen molar-refractivity contribution in [3.05, 3.63) is 71.3 Å². The van der Waals surface area contributed by atoms with E-state index in [4.69, 9.17) is 0 Å². The quantitative estimate of drug-likeness (QED) is 0.374. The van der Waals surface area contributed by atoms with Gasteiger partial charge in [0.1, 0.15) is 0 Å². The first-order valence-electron chi connectivity index (χ1n) is 11.1. The van der Waals surface area contributed by atoms with Crippen molar-refractivity contribution >= 4 is 0 Å². The zero-order valence-corrected chi connectivity index (χ0v) is 18.1. The fourth-order valence-corrected chi connectivity index (χ4v) is 4.69. The molecule has 0 aliphatic heterocycles. The third kappa shape index (κ3) is 6.50. The van der Waals surface area contributed by atoms with E-state index in [9.17, 15) is 26.3 Å². The molecule has 7 heteroatoms. The van der Waals surface area contributed by atoms with Crippen molar-refractivity contribution in [3.8, 4) is 0 Å². The van der Waals surface area contributed by atoms with E-state index in [1.165, 1.54) is 5.56 Å². The molecule has 176 valence electrons. The maximum Gasteiger partial charge on any atom is 0.392 e. The Hall–Kier alpha value is -2.02. The highest BCUT2D eigenvalue weighted by atomic mass is 19.4. The SMILES string of the molecule is CCN(CCCc1ccc(C2CC(C(F)(F)F)C(C(F)(F)F)C2)cc1)Cc1ccccc1. The van der Waals surface area contributed by atoms with E-state index in [0.29, 0.717) is 5.56 Å². The average molecular weight is 458 g/mol. The van der Waals surface area contributed by atoms with Gasteiger partial charge in [0.15, 0.2) is 0 Å². The van der Waals surface area contributed by atoms with Crippen LogP contribution < -0.4 is 0 Å². The van der Waals surface area contributed by atoms with E-state index in [2.05, 4.69) is 24.0 Å². The fourth-order valence-electron chi connectivity index (χ4n) is 4.69. The molecule has 1 nitrogen and oxygen atoms in total. The molecule has 3 rings (SSSR count). The van der Waals surface area contributed by atoms with E-state index in [-0.39, 0.29) is 0 Å². The van der Waals surface area contributed by atoms with E-state index in [1.54, 1.807) is 12.1 Å². The van der Waals surface area contributed by atoms with Crippen molar-refractivity contribution in [2.45, 2.75) is 57.4 Å². The summed E-state index contributed by atoms with van der Waals surface area (Å²) in [5.41, 5.74) is 2.86. The van der Waals surface area contributed by atoms with E-state index < -0.39 is 42.9 Å². The van der Waals surface area contributed by atoms with Crippen molar-refractivity contribution in [1.82, 2.24) is 4.90 Å². The molecule has 2 atom stereocenters. The van der Waals surface area contributed by atoms with Crippen LogP contribution in [0.4, 0.5) is 26.3 Å². The van der Waals surface area contributed by atoms with Gasteiger partial charge < -0.3 is 0 Å². The van der Waals surface area contributed by atoms with Crippen molar-refractivity contribution in [2.24, 2.45) is 11.8 Å². The largest absolute Gasteiger partial charge is 0.392 e.